The molecule has 0 bridgehead atoms. The standard InChI is InChI=1S/C24H35N5O2/c1-20-8-5-9-22(21(20)2)29(15-6-10-25)24(31)19-27-12-7-11-26(16-17-27)18-23(30)28-13-3-4-14-28/h5,8-9H,3-4,6-7,11-19H2,1-2H3. The van der Waals surface area contributed by atoms with Crippen LogP contribution in [0.25, 0.3) is 0 Å². The second-order valence-corrected chi connectivity index (χ2v) is 8.67. The van der Waals surface area contributed by atoms with Crippen molar-refractivity contribution in [3.05, 3.63) is 29.3 Å². The summed E-state index contributed by atoms with van der Waals surface area (Å²) in [4.78, 5) is 33.9. The first-order chi connectivity index (χ1) is 15.0. The maximum absolute atomic E-state index is 13.2. The van der Waals surface area contributed by atoms with Gasteiger partial charge in [0.25, 0.3) is 0 Å². The number of likely N-dealkylation sites (tertiary alicyclic amines) is 1. The Hall–Kier alpha value is -2.43. The van der Waals surface area contributed by atoms with Gasteiger partial charge in [0.2, 0.25) is 11.8 Å². The van der Waals surface area contributed by atoms with E-state index in [9.17, 15) is 9.59 Å². The third kappa shape index (κ3) is 6.28. The predicted octanol–water partition coefficient (Wildman–Crippen LogP) is 2.18. The molecule has 1 aromatic carbocycles. The van der Waals surface area contributed by atoms with E-state index in [1.165, 1.54) is 0 Å². The van der Waals surface area contributed by atoms with Gasteiger partial charge in [-0.1, -0.05) is 12.1 Å². The normalized spacial score (nSPS) is 17.9. The number of carbonyl (C=O) groups excluding carboxylic acids is 2. The van der Waals surface area contributed by atoms with E-state index in [0.717, 1.165) is 75.3 Å². The first-order valence-electron chi connectivity index (χ1n) is 11.5. The number of nitriles is 1. The van der Waals surface area contributed by atoms with E-state index in [-0.39, 0.29) is 11.8 Å². The zero-order valence-electron chi connectivity index (χ0n) is 19.0. The first kappa shape index (κ1) is 23.2. The van der Waals surface area contributed by atoms with Crippen molar-refractivity contribution < 1.29 is 9.59 Å². The minimum absolute atomic E-state index is 0.0329. The van der Waals surface area contributed by atoms with Crippen molar-refractivity contribution in [1.29, 1.82) is 5.26 Å². The summed E-state index contributed by atoms with van der Waals surface area (Å²) in [6.07, 6.45) is 3.49. The molecule has 31 heavy (non-hydrogen) atoms. The zero-order valence-corrected chi connectivity index (χ0v) is 19.0. The summed E-state index contributed by atoms with van der Waals surface area (Å²) in [6.45, 7) is 10.4. The molecule has 0 aromatic heterocycles. The van der Waals surface area contributed by atoms with Crippen LogP contribution in [0.15, 0.2) is 18.2 Å². The summed E-state index contributed by atoms with van der Waals surface area (Å²) >= 11 is 0. The molecule has 2 fully saturated rings. The minimum Gasteiger partial charge on any atom is -0.342 e. The molecule has 0 N–H and O–H groups in total. The summed E-state index contributed by atoms with van der Waals surface area (Å²) in [7, 11) is 0. The quantitative estimate of drug-likeness (QED) is 0.670. The third-order valence-electron chi connectivity index (χ3n) is 6.47. The number of amides is 2. The van der Waals surface area contributed by atoms with Crippen molar-refractivity contribution >= 4 is 17.5 Å². The summed E-state index contributed by atoms with van der Waals surface area (Å²) in [6, 6.07) is 8.14. The second kappa shape index (κ2) is 11.3. The summed E-state index contributed by atoms with van der Waals surface area (Å²) in [5.74, 6) is 0.269. The van der Waals surface area contributed by atoms with Crippen LogP contribution in [0.4, 0.5) is 5.69 Å². The van der Waals surface area contributed by atoms with E-state index in [1.54, 1.807) is 4.90 Å². The van der Waals surface area contributed by atoms with Crippen molar-refractivity contribution in [2.75, 3.05) is 63.8 Å². The highest BCUT2D eigenvalue weighted by Crippen LogP contribution is 2.23. The number of hydrogen-bond acceptors (Lipinski definition) is 5. The molecule has 0 unspecified atom stereocenters. The Morgan fingerprint density at radius 2 is 1.65 bits per heavy atom. The zero-order chi connectivity index (χ0) is 22.2. The Kier molecular flexibility index (Phi) is 8.44. The van der Waals surface area contributed by atoms with Crippen LogP contribution in [-0.2, 0) is 9.59 Å². The van der Waals surface area contributed by atoms with E-state index in [0.29, 0.717) is 26.1 Å². The number of anilines is 1. The van der Waals surface area contributed by atoms with Gasteiger partial charge in [-0.3, -0.25) is 19.4 Å². The van der Waals surface area contributed by atoms with Crippen molar-refractivity contribution in [3.8, 4) is 6.07 Å². The molecule has 2 aliphatic rings. The number of carbonyl (C=O) groups is 2. The molecule has 7 nitrogen and oxygen atoms in total. The lowest BCUT2D eigenvalue weighted by atomic mass is 10.1. The maximum Gasteiger partial charge on any atom is 0.241 e. The highest BCUT2D eigenvalue weighted by molar-refractivity contribution is 5.95. The van der Waals surface area contributed by atoms with Crippen LogP contribution < -0.4 is 4.90 Å². The third-order valence-corrected chi connectivity index (χ3v) is 6.47. The lowest BCUT2D eigenvalue weighted by Crippen LogP contribution is -2.43. The van der Waals surface area contributed by atoms with Gasteiger partial charge in [0.05, 0.1) is 25.6 Å². The Morgan fingerprint density at radius 1 is 0.968 bits per heavy atom. The van der Waals surface area contributed by atoms with Gasteiger partial charge in [-0.25, -0.2) is 0 Å². The van der Waals surface area contributed by atoms with E-state index >= 15 is 0 Å². The topological polar surface area (TPSA) is 70.9 Å². The average Bonchev–Trinajstić information content (AvgIpc) is 3.21. The van der Waals surface area contributed by atoms with Gasteiger partial charge in [0.15, 0.2) is 0 Å². The molecule has 7 heteroatoms. The van der Waals surface area contributed by atoms with Crippen LogP contribution >= 0.6 is 0 Å². The van der Waals surface area contributed by atoms with E-state index < -0.39 is 0 Å². The SMILES string of the molecule is Cc1cccc(N(CCC#N)C(=O)CN2CCCN(CC(=O)N3CCCC3)CC2)c1C. The smallest absolute Gasteiger partial charge is 0.241 e. The minimum atomic E-state index is 0.0329. The molecule has 0 atom stereocenters. The van der Waals surface area contributed by atoms with Crippen LogP contribution in [-0.4, -0.2) is 85.4 Å². The summed E-state index contributed by atoms with van der Waals surface area (Å²) < 4.78 is 0. The highest BCUT2D eigenvalue weighted by Gasteiger charge is 2.25. The molecule has 2 heterocycles. The van der Waals surface area contributed by atoms with Gasteiger partial charge in [0, 0.05) is 38.4 Å². The number of rotatable bonds is 7. The fourth-order valence-electron chi connectivity index (χ4n) is 4.44. The molecule has 3 rings (SSSR count). The highest BCUT2D eigenvalue weighted by atomic mass is 16.2. The molecule has 0 radical (unpaired) electrons. The molecule has 2 saturated heterocycles. The molecule has 2 amide bonds. The van der Waals surface area contributed by atoms with Crippen LogP contribution in [0.1, 0.15) is 36.8 Å². The van der Waals surface area contributed by atoms with Gasteiger partial charge < -0.3 is 9.80 Å². The maximum atomic E-state index is 13.2. The predicted molar refractivity (Wildman–Crippen MR) is 122 cm³/mol. The molecular weight excluding hydrogens is 390 g/mol. The van der Waals surface area contributed by atoms with Crippen LogP contribution in [0.5, 0.6) is 0 Å². The fraction of sp³-hybridized carbons (Fsp3) is 0.625. The lowest BCUT2D eigenvalue weighted by molar-refractivity contribution is -0.131. The molecule has 168 valence electrons. The molecular formula is C24H35N5O2. The Morgan fingerprint density at radius 3 is 2.32 bits per heavy atom. The summed E-state index contributed by atoms with van der Waals surface area (Å²) in [5, 5.41) is 9.07. The number of aryl methyl sites for hydroxylation is 1. The van der Waals surface area contributed by atoms with E-state index in [2.05, 4.69) is 15.9 Å². The average molecular weight is 426 g/mol. The molecule has 2 aliphatic heterocycles. The second-order valence-electron chi connectivity index (χ2n) is 8.67. The van der Waals surface area contributed by atoms with E-state index in [1.807, 2.05) is 36.9 Å². The van der Waals surface area contributed by atoms with Crippen LogP contribution in [0.2, 0.25) is 0 Å². The van der Waals surface area contributed by atoms with Crippen LogP contribution in [0, 0.1) is 25.2 Å². The molecule has 0 aliphatic carbocycles. The van der Waals surface area contributed by atoms with Gasteiger partial charge >= 0.3 is 0 Å². The number of nitrogens with zero attached hydrogens (tertiary/aromatic N) is 5. The lowest BCUT2D eigenvalue weighted by Gasteiger charge is -2.28. The van der Waals surface area contributed by atoms with Crippen LogP contribution in [0.3, 0.4) is 0 Å². The number of hydrogen-bond donors (Lipinski definition) is 0. The molecule has 0 spiro atoms. The Bertz CT molecular complexity index is 813. The van der Waals surface area contributed by atoms with Crippen molar-refractivity contribution in [1.82, 2.24) is 14.7 Å². The summed E-state index contributed by atoms with van der Waals surface area (Å²) in [5.41, 5.74) is 3.12. The van der Waals surface area contributed by atoms with Gasteiger partial charge in [0.1, 0.15) is 0 Å². The van der Waals surface area contributed by atoms with Crippen molar-refractivity contribution in [2.45, 2.75) is 39.5 Å². The van der Waals surface area contributed by atoms with Crippen molar-refractivity contribution in [2.24, 2.45) is 0 Å². The molecule has 1 aromatic rings. The van der Waals surface area contributed by atoms with Crippen molar-refractivity contribution in [3.63, 3.8) is 0 Å². The first-order valence-corrected chi connectivity index (χ1v) is 11.5. The number of benzene rings is 1. The monoisotopic (exact) mass is 425 g/mol. The van der Waals surface area contributed by atoms with Gasteiger partial charge in [-0.05, 0) is 63.4 Å². The Labute approximate surface area is 186 Å². The van der Waals surface area contributed by atoms with Gasteiger partial charge in [-0.2, -0.15) is 5.26 Å². The Balaban J connectivity index is 1.58. The fourth-order valence-corrected chi connectivity index (χ4v) is 4.44. The van der Waals surface area contributed by atoms with Gasteiger partial charge in [-0.15, -0.1) is 0 Å². The van der Waals surface area contributed by atoms with E-state index in [4.69, 9.17) is 5.26 Å². The largest absolute Gasteiger partial charge is 0.342 e. The molecule has 0 saturated carbocycles.